The van der Waals surface area contributed by atoms with Crippen molar-refractivity contribution in [1.82, 2.24) is 0 Å². The second-order valence-electron chi connectivity index (χ2n) is 3.88. The molecule has 0 aromatic heterocycles. The maximum atomic E-state index is 11.4. The van der Waals surface area contributed by atoms with Crippen LogP contribution in [0.2, 0.25) is 0 Å². The van der Waals surface area contributed by atoms with E-state index in [-0.39, 0.29) is 12.6 Å². The van der Waals surface area contributed by atoms with Crippen molar-refractivity contribution in [3.8, 4) is 0 Å². The van der Waals surface area contributed by atoms with E-state index in [9.17, 15) is 9.59 Å². The molecule has 0 aliphatic rings. The summed E-state index contributed by atoms with van der Waals surface area (Å²) in [6.07, 6.45) is 3.46. The Labute approximate surface area is 109 Å². The van der Waals surface area contributed by atoms with E-state index in [1.165, 1.54) is 6.92 Å². The first kappa shape index (κ1) is 16.7. The van der Waals surface area contributed by atoms with Gasteiger partial charge in [0, 0.05) is 13.3 Å². The summed E-state index contributed by atoms with van der Waals surface area (Å²) in [6.45, 7) is 7.13. The van der Waals surface area contributed by atoms with Gasteiger partial charge >= 0.3 is 12.1 Å². The van der Waals surface area contributed by atoms with Crippen molar-refractivity contribution in [2.45, 2.75) is 58.7 Å². The first-order valence-corrected chi connectivity index (χ1v) is 6.42. The van der Waals surface area contributed by atoms with E-state index < -0.39 is 12.4 Å². The highest BCUT2D eigenvalue weighted by Crippen LogP contribution is 2.07. The molecule has 0 rings (SSSR count). The van der Waals surface area contributed by atoms with Crippen molar-refractivity contribution in [3.63, 3.8) is 0 Å². The zero-order valence-electron chi connectivity index (χ0n) is 11.3. The molecule has 18 heavy (non-hydrogen) atoms. The van der Waals surface area contributed by atoms with Gasteiger partial charge in [-0.1, -0.05) is 32.6 Å². The molecule has 0 N–H and O–H groups in total. The fourth-order valence-electron chi connectivity index (χ4n) is 1.36. The van der Waals surface area contributed by atoms with Crippen molar-refractivity contribution in [1.29, 1.82) is 0 Å². The van der Waals surface area contributed by atoms with Crippen LogP contribution in [0.3, 0.4) is 0 Å². The third-order valence-corrected chi connectivity index (χ3v) is 2.20. The van der Waals surface area contributed by atoms with Crippen LogP contribution in [0.1, 0.15) is 52.4 Å². The lowest BCUT2D eigenvalue weighted by atomic mass is 10.1. The van der Waals surface area contributed by atoms with E-state index in [1.54, 1.807) is 6.92 Å². The molecule has 1 atom stereocenters. The number of carbonyl (C=O) groups excluding carboxylic acids is 2. The van der Waals surface area contributed by atoms with Crippen LogP contribution in [0.25, 0.3) is 0 Å². The Balaban J connectivity index is 3.58. The summed E-state index contributed by atoms with van der Waals surface area (Å²) < 4.78 is 14.2. The lowest BCUT2D eigenvalue weighted by Crippen LogP contribution is -2.22. The molecule has 0 bridgehead atoms. The van der Waals surface area contributed by atoms with E-state index in [2.05, 4.69) is 11.7 Å². The minimum absolute atomic E-state index is 0.228. The molecule has 0 aromatic carbocycles. The van der Waals surface area contributed by atoms with Crippen molar-refractivity contribution in [2.75, 3.05) is 6.61 Å². The number of ether oxygens (including phenoxy) is 3. The molecule has 0 aliphatic heterocycles. The number of esters is 1. The molecule has 0 spiro atoms. The summed E-state index contributed by atoms with van der Waals surface area (Å²) in [6, 6.07) is 0. The zero-order chi connectivity index (χ0) is 13.8. The summed E-state index contributed by atoms with van der Waals surface area (Å²) in [5.41, 5.74) is 0. The number of hydrogen-bond acceptors (Lipinski definition) is 5. The second-order valence-corrected chi connectivity index (χ2v) is 3.88. The van der Waals surface area contributed by atoms with Gasteiger partial charge in [0.2, 0.25) is 6.29 Å². The SMILES string of the molecule is [CH2]CCCCCCC(=O)OC(C)OC(=O)OCC. The van der Waals surface area contributed by atoms with Crippen LogP contribution in [-0.2, 0) is 19.0 Å². The molecule has 5 nitrogen and oxygen atoms in total. The van der Waals surface area contributed by atoms with E-state index in [4.69, 9.17) is 9.47 Å². The number of carbonyl (C=O) groups is 2. The molecule has 5 heteroatoms. The lowest BCUT2D eigenvalue weighted by molar-refractivity contribution is -0.168. The Morgan fingerprint density at radius 2 is 1.78 bits per heavy atom. The lowest BCUT2D eigenvalue weighted by Gasteiger charge is -2.13. The molecule has 1 unspecified atom stereocenters. The summed E-state index contributed by atoms with van der Waals surface area (Å²) in [7, 11) is 0. The number of unbranched alkanes of at least 4 members (excludes halogenated alkanes) is 4. The predicted octanol–water partition coefficient (Wildman–Crippen LogP) is 3.22. The molecule has 0 aromatic rings. The van der Waals surface area contributed by atoms with E-state index in [0.717, 1.165) is 32.1 Å². The van der Waals surface area contributed by atoms with Crippen LogP contribution in [0.15, 0.2) is 0 Å². The van der Waals surface area contributed by atoms with Gasteiger partial charge in [-0.25, -0.2) is 4.79 Å². The normalized spacial score (nSPS) is 11.7. The smallest absolute Gasteiger partial charge is 0.435 e. The van der Waals surface area contributed by atoms with Crippen LogP contribution in [0.4, 0.5) is 4.79 Å². The Kier molecular flexibility index (Phi) is 10.1. The fraction of sp³-hybridized carbons (Fsp3) is 0.769. The van der Waals surface area contributed by atoms with E-state index in [1.807, 2.05) is 0 Å². The topological polar surface area (TPSA) is 61.8 Å². The molecule has 0 fully saturated rings. The molecule has 0 amide bonds. The van der Waals surface area contributed by atoms with Gasteiger partial charge in [0.1, 0.15) is 0 Å². The quantitative estimate of drug-likeness (QED) is 0.361. The first-order chi connectivity index (χ1) is 8.60. The largest absolute Gasteiger partial charge is 0.511 e. The fourth-order valence-corrected chi connectivity index (χ4v) is 1.36. The molecule has 0 aliphatic carbocycles. The maximum absolute atomic E-state index is 11.4. The Morgan fingerprint density at radius 3 is 2.39 bits per heavy atom. The molecule has 0 saturated carbocycles. The average Bonchev–Trinajstić information content (AvgIpc) is 2.28. The van der Waals surface area contributed by atoms with E-state index >= 15 is 0 Å². The number of hydrogen-bond donors (Lipinski definition) is 0. The summed E-state index contributed by atoms with van der Waals surface area (Å²) in [4.78, 5) is 22.3. The van der Waals surface area contributed by atoms with Gasteiger partial charge in [0.15, 0.2) is 0 Å². The first-order valence-electron chi connectivity index (χ1n) is 6.42. The van der Waals surface area contributed by atoms with Crippen molar-refractivity contribution >= 4 is 12.1 Å². The molecule has 0 heterocycles. The minimum Gasteiger partial charge on any atom is -0.435 e. The maximum Gasteiger partial charge on any atom is 0.511 e. The summed E-state index contributed by atoms with van der Waals surface area (Å²) in [5.74, 6) is -0.360. The van der Waals surface area contributed by atoms with Crippen LogP contribution in [0, 0.1) is 6.92 Å². The highest BCUT2D eigenvalue weighted by molar-refractivity contribution is 5.69. The van der Waals surface area contributed by atoms with Gasteiger partial charge in [-0.15, -0.1) is 0 Å². The Morgan fingerprint density at radius 1 is 1.11 bits per heavy atom. The van der Waals surface area contributed by atoms with Crippen LogP contribution >= 0.6 is 0 Å². The number of rotatable bonds is 9. The van der Waals surface area contributed by atoms with Gasteiger partial charge in [-0.2, -0.15) is 0 Å². The van der Waals surface area contributed by atoms with Gasteiger partial charge in [-0.3, -0.25) is 4.79 Å². The van der Waals surface area contributed by atoms with Gasteiger partial charge < -0.3 is 14.2 Å². The van der Waals surface area contributed by atoms with Gasteiger partial charge in [0.05, 0.1) is 6.61 Å². The van der Waals surface area contributed by atoms with E-state index in [0.29, 0.717) is 6.42 Å². The van der Waals surface area contributed by atoms with Crippen LogP contribution in [-0.4, -0.2) is 25.0 Å². The molecular weight excluding hydrogens is 236 g/mol. The third-order valence-electron chi connectivity index (χ3n) is 2.20. The highest BCUT2D eigenvalue weighted by atomic mass is 16.8. The van der Waals surface area contributed by atoms with Crippen molar-refractivity contribution < 1.29 is 23.8 Å². The Bertz CT molecular complexity index is 240. The van der Waals surface area contributed by atoms with Gasteiger partial charge in [0.25, 0.3) is 0 Å². The van der Waals surface area contributed by atoms with Crippen molar-refractivity contribution in [2.24, 2.45) is 0 Å². The zero-order valence-corrected chi connectivity index (χ0v) is 11.3. The van der Waals surface area contributed by atoms with Crippen LogP contribution < -0.4 is 0 Å². The molecule has 0 saturated heterocycles. The molecule has 105 valence electrons. The van der Waals surface area contributed by atoms with Crippen LogP contribution in [0.5, 0.6) is 0 Å². The standard InChI is InChI=1S/C13H23O5/c1-4-6-7-8-9-10-12(14)17-11(3)18-13(15)16-5-2/h11H,1,4-10H2,2-3H3. The Hall–Kier alpha value is -1.26. The summed E-state index contributed by atoms with van der Waals surface area (Å²) in [5, 5.41) is 0. The predicted molar refractivity (Wildman–Crippen MR) is 66.7 cm³/mol. The average molecular weight is 259 g/mol. The molecular formula is C13H23O5. The second kappa shape index (κ2) is 10.9. The minimum atomic E-state index is -0.906. The molecule has 1 radical (unpaired) electrons. The third kappa shape index (κ3) is 9.93. The van der Waals surface area contributed by atoms with Crippen molar-refractivity contribution in [3.05, 3.63) is 6.92 Å². The highest BCUT2D eigenvalue weighted by Gasteiger charge is 2.14. The summed E-state index contributed by atoms with van der Waals surface area (Å²) >= 11 is 0. The monoisotopic (exact) mass is 259 g/mol. The van der Waals surface area contributed by atoms with Gasteiger partial charge in [-0.05, 0) is 13.3 Å².